The minimum Gasteiger partial charge on any atom is -0.339 e. The number of piperidine rings is 1. The van der Waals surface area contributed by atoms with Crippen LogP contribution < -0.4 is 0 Å². The Hall–Kier alpha value is -2.17. The largest absolute Gasteiger partial charge is 0.339 e. The second-order valence-corrected chi connectivity index (χ2v) is 6.55. The molecule has 0 N–H and O–H groups in total. The Kier molecular flexibility index (Phi) is 4.74. The van der Waals surface area contributed by atoms with Crippen LogP contribution in [-0.4, -0.2) is 38.7 Å². The molecule has 2 heterocycles. The number of likely N-dealkylation sites (tertiary alicyclic amines) is 1. The molecular formula is C18H24N4O. The number of benzene rings is 1. The summed E-state index contributed by atoms with van der Waals surface area (Å²) >= 11 is 0. The number of nitrogens with zero attached hydrogens (tertiary/aromatic N) is 4. The minimum atomic E-state index is 0.148. The Morgan fingerprint density at radius 3 is 2.57 bits per heavy atom. The van der Waals surface area contributed by atoms with E-state index >= 15 is 0 Å². The zero-order valence-corrected chi connectivity index (χ0v) is 13.9. The lowest BCUT2D eigenvalue weighted by molar-refractivity contribution is 0.0689. The molecule has 2 aromatic rings. The lowest BCUT2D eigenvalue weighted by Crippen LogP contribution is -2.39. The van der Waals surface area contributed by atoms with Gasteiger partial charge in [0, 0.05) is 31.1 Å². The van der Waals surface area contributed by atoms with Gasteiger partial charge < -0.3 is 9.47 Å². The van der Waals surface area contributed by atoms with Gasteiger partial charge in [0.25, 0.3) is 5.91 Å². The molecule has 0 bridgehead atoms. The lowest BCUT2D eigenvalue weighted by Gasteiger charge is -2.32. The van der Waals surface area contributed by atoms with Gasteiger partial charge in [-0.2, -0.15) is 0 Å². The quantitative estimate of drug-likeness (QED) is 0.872. The highest BCUT2D eigenvalue weighted by atomic mass is 16.2. The molecule has 3 rings (SSSR count). The molecule has 1 aliphatic rings. The Labute approximate surface area is 137 Å². The summed E-state index contributed by atoms with van der Waals surface area (Å²) in [6.07, 6.45) is 4.83. The first-order valence-corrected chi connectivity index (χ1v) is 8.38. The number of hydrogen-bond donors (Lipinski definition) is 0. The molecule has 1 aliphatic heterocycles. The van der Waals surface area contributed by atoms with Gasteiger partial charge in [-0.05, 0) is 44.7 Å². The fourth-order valence-corrected chi connectivity index (χ4v) is 3.21. The summed E-state index contributed by atoms with van der Waals surface area (Å²) in [5, 5.41) is 8.31. The summed E-state index contributed by atoms with van der Waals surface area (Å²) in [5.74, 6) is 1.79. The highest BCUT2D eigenvalue weighted by Gasteiger charge is 2.25. The number of carbonyl (C=O) groups excluding carboxylic acids is 1. The molecule has 0 unspecified atom stereocenters. The molecule has 23 heavy (non-hydrogen) atoms. The Morgan fingerprint density at radius 2 is 1.91 bits per heavy atom. The molecule has 1 saturated heterocycles. The van der Waals surface area contributed by atoms with Crippen LogP contribution in [0.15, 0.2) is 36.7 Å². The van der Waals surface area contributed by atoms with Crippen LogP contribution in [-0.2, 0) is 6.42 Å². The van der Waals surface area contributed by atoms with Crippen LogP contribution in [0.2, 0.25) is 0 Å². The maximum Gasteiger partial charge on any atom is 0.253 e. The van der Waals surface area contributed by atoms with Gasteiger partial charge >= 0.3 is 0 Å². The van der Waals surface area contributed by atoms with E-state index in [1.807, 2.05) is 41.6 Å². The third-order valence-corrected chi connectivity index (χ3v) is 4.60. The highest BCUT2D eigenvalue weighted by Crippen LogP contribution is 2.23. The van der Waals surface area contributed by atoms with Crippen molar-refractivity contribution in [2.75, 3.05) is 13.1 Å². The molecule has 0 aliphatic carbocycles. The van der Waals surface area contributed by atoms with Crippen LogP contribution in [0, 0.1) is 5.92 Å². The summed E-state index contributed by atoms with van der Waals surface area (Å²) in [4.78, 5) is 14.4. The van der Waals surface area contributed by atoms with Gasteiger partial charge in [-0.25, -0.2) is 0 Å². The van der Waals surface area contributed by atoms with Crippen molar-refractivity contribution in [3.63, 3.8) is 0 Å². The van der Waals surface area contributed by atoms with Gasteiger partial charge in [0.2, 0.25) is 0 Å². The summed E-state index contributed by atoms with van der Waals surface area (Å²) < 4.78 is 2.14. The molecule has 1 fully saturated rings. The van der Waals surface area contributed by atoms with E-state index in [0.29, 0.717) is 12.0 Å². The van der Waals surface area contributed by atoms with Crippen molar-refractivity contribution in [1.82, 2.24) is 19.7 Å². The second kappa shape index (κ2) is 6.94. The molecule has 5 nitrogen and oxygen atoms in total. The molecule has 0 saturated carbocycles. The normalized spacial score (nSPS) is 16.0. The van der Waals surface area contributed by atoms with Crippen LogP contribution in [0.1, 0.15) is 48.9 Å². The number of amides is 1. The first-order chi connectivity index (χ1) is 11.1. The minimum absolute atomic E-state index is 0.148. The number of hydrogen-bond acceptors (Lipinski definition) is 3. The summed E-state index contributed by atoms with van der Waals surface area (Å²) in [7, 11) is 0. The Bertz CT molecular complexity index is 642. The predicted octanol–water partition coefficient (Wildman–Crippen LogP) is 2.95. The zero-order chi connectivity index (χ0) is 16.2. The van der Waals surface area contributed by atoms with E-state index in [0.717, 1.165) is 43.7 Å². The molecule has 0 radical (unpaired) electrons. The van der Waals surface area contributed by atoms with Gasteiger partial charge in [-0.1, -0.05) is 18.2 Å². The molecular weight excluding hydrogens is 288 g/mol. The molecule has 1 aromatic heterocycles. The van der Waals surface area contributed by atoms with Gasteiger partial charge in [0.05, 0.1) is 0 Å². The third kappa shape index (κ3) is 3.60. The van der Waals surface area contributed by atoms with Gasteiger partial charge in [0.15, 0.2) is 0 Å². The Balaban J connectivity index is 1.56. The van der Waals surface area contributed by atoms with Crippen molar-refractivity contribution in [3.8, 4) is 0 Å². The van der Waals surface area contributed by atoms with E-state index in [9.17, 15) is 4.79 Å². The lowest BCUT2D eigenvalue weighted by atomic mass is 9.92. The first-order valence-electron chi connectivity index (χ1n) is 8.38. The summed E-state index contributed by atoms with van der Waals surface area (Å²) in [5.41, 5.74) is 0.783. The molecule has 1 aromatic carbocycles. The van der Waals surface area contributed by atoms with E-state index in [2.05, 4.69) is 28.6 Å². The average Bonchev–Trinajstić information content (AvgIpc) is 3.04. The van der Waals surface area contributed by atoms with Crippen molar-refractivity contribution >= 4 is 5.91 Å². The predicted molar refractivity (Wildman–Crippen MR) is 89.2 cm³/mol. The van der Waals surface area contributed by atoms with E-state index in [-0.39, 0.29) is 5.91 Å². The summed E-state index contributed by atoms with van der Waals surface area (Å²) in [6, 6.07) is 9.93. The second-order valence-electron chi connectivity index (χ2n) is 6.55. The van der Waals surface area contributed by atoms with Crippen molar-refractivity contribution < 1.29 is 4.79 Å². The van der Waals surface area contributed by atoms with E-state index < -0.39 is 0 Å². The SMILES string of the molecule is CC(C)n1cnnc1CC1CCN(C(=O)c2ccccc2)CC1. The molecule has 0 atom stereocenters. The maximum absolute atomic E-state index is 12.5. The molecule has 1 amide bonds. The molecule has 5 heteroatoms. The van der Waals surface area contributed by atoms with Crippen LogP contribution in [0.4, 0.5) is 0 Å². The fourth-order valence-electron chi connectivity index (χ4n) is 3.21. The number of aromatic nitrogens is 3. The van der Waals surface area contributed by atoms with Crippen molar-refractivity contribution in [2.45, 2.75) is 39.2 Å². The Morgan fingerprint density at radius 1 is 1.22 bits per heavy atom. The van der Waals surface area contributed by atoms with Crippen LogP contribution in [0.25, 0.3) is 0 Å². The number of carbonyl (C=O) groups is 1. The van der Waals surface area contributed by atoms with Crippen molar-refractivity contribution in [1.29, 1.82) is 0 Å². The highest BCUT2D eigenvalue weighted by molar-refractivity contribution is 5.94. The van der Waals surface area contributed by atoms with E-state index in [1.165, 1.54) is 0 Å². The zero-order valence-electron chi connectivity index (χ0n) is 13.9. The number of rotatable bonds is 4. The molecule has 122 valence electrons. The van der Waals surface area contributed by atoms with E-state index in [1.54, 1.807) is 0 Å². The maximum atomic E-state index is 12.5. The fraction of sp³-hybridized carbons (Fsp3) is 0.500. The van der Waals surface area contributed by atoms with Crippen molar-refractivity contribution in [3.05, 3.63) is 48.0 Å². The monoisotopic (exact) mass is 312 g/mol. The molecule has 0 spiro atoms. The van der Waals surface area contributed by atoms with E-state index in [4.69, 9.17) is 0 Å². The van der Waals surface area contributed by atoms with Crippen molar-refractivity contribution in [2.24, 2.45) is 5.92 Å². The van der Waals surface area contributed by atoms with Crippen LogP contribution in [0.3, 0.4) is 0 Å². The topological polar surface area (TPSA) is 51.0 Å². The van der Waals surface area contributed by atoms with Crippen LogP contribution in [0.5, 0.6) is 0 Å². The van der Waals surface area contributed by atoms with Crippen LogP contribution >= 0.6 is 0 Å². The smallest absolute Gasteiger partial charge is 0.253 e. The third-order valence-electron chi connectivity index (χ3n) is 4.60. The standard InChI is InChI=1S/C18H24N4O/c1-14(2)22-13-19-20-17(22)12-15-8-10-21(11-9-15)18(23)16-6-4-3-5-7-16/h3-7,13-15H,8-12H2,1-2H3. The van der Waals surface area contributed by atoms with Gasteiger partial charge in [0.1, 0.15) is 12.2 Å². The first kappa shape index (κ1) is 15.7. The average molecular weight is 312 g/mol. The van der Waals surface area contributed by atoms with Gasteiger partial charge in [-0.3, -0.25) is 4.79 Å². The summed E-state index contributed by atoms with van der Waals surface area (Å²) in [6.45, 7) is 5.95. The van der Waals surface area contributed by atoms with Gasteiger partial charge in [-0.15, -0.1) is 10.2 Å².